The molecule has 0 bridgehead atoms. The van der Waals surface area contributed by atoms with Crippen LogP contribution in [0.2, 0.25) is 0 Å². The van der Waals surface area contributed by atoms with Crippen LogP contribution in [0.5, 0.6) is 0 Å². The van der Waals surface area contributed by atoms with Gasteiger partial charge in [-0.15, -0.1) is 0 Å². The molecule has 0 unspecified atom stereocenters. The maximum absolute atomic E-state index is 12.3. The molecule has 0 aromatic heterocycles. The van der Waals surface area contributed by atoms with Crippen LogP contribution in [0.15, 0.2) is 41.4 Å². The minimum absolute atomic E-state index is 0.134. The Hall–Kier alpha value is -2.14. The summed E-state index contributed by atoms with van der Waals surface area (Å²) in [7, 11) is 0. The first-order valence-corrected chi connectivity index (χ1v) is 8.65. The molecular weight excluding hydrogens is 304 g/mol. The molecule has 24 heavy (non-hydrogen) atoms. The van der Waals surface area contributed by atoms with Crippen molar-refractivity contribution in [2.45, 2.75) is 43.5 Å². The summed E-state index contributed by atoms with van der Waals surface area (Å²) in [5.74, 6) is -0.134. The van der Waals surface area contributed by atoms with Crippen LogP contribution in [-0.2, 0) is 26.5 Å². The Balaban J connectivity index is 1.32. The number of carbonyl (C=O) groups is 1. The largest absolute Gasteiger partial charge is 0.447 e. The van der Waals surface area contributed by atoms with Gasteiger partial charge in [0.2, 0.25) is 0 Å². The average Bonchev–Trinajstić information content (AvgIpc) is 3.30. The summed E-state index contributed by atoms with van der Waals surface area (Å²) in [6.45, 7) is 2.29. The summed E-state index contributed by atoms with van der Waals surface area (Å²) in [5.41, 5.74) is 1.70. The zero-order chi connectivity index (χ0) is 16.2. The zero-order valence-corrected chi connectivity index (χ0v) is 13.5. The van der Waals surface area contributed by atoms with Crippen LogP contribution < -0.4 is 0 Å². The third-order valence-corrected chi connectivity index (χ3v) is 5.79. The van der Waals surface area contributed by atoms with Crippen molar-refractivity contribution in [1.82, 2.24) is 4.90 Å². The number of amidine groups is 1. The van der Waals surface area contributed by atoms with Crippen molar-refractivity contribution < 1.29 is 14.3 Å². The van der Waals surface area contributed by atoms with E-state index >= 15 is 0 Å². The van der Waals surface area contributed by atoms with Gasteiger partial charge >= 0.3 is 0 Å². The first-order valence-electron chi connectivity index (χ1n) is 8.65. The molecule has 0 atom stereocenters. The number of piperidine rings is 1. The smallest absolute Gasteiger partial charge is 0.296 e. The maximum atomic E-state index is 12.3. The molecule has 3 heterocycles. The topological polar surface area (TPSA) is 51.1 Å². The minimum atomic E-state index is -0.749. The molecule has 3 aliphatic heterocycles. The van der Waals surface area contributed by atoms with Gasteiger partial charge in [-0.1, -0.05) is 36.4 Å². The molecule has 4 aliphatic rings. The van der Waals surface area contributed by atoms with Gasteiger partial charge in [-0.25, -0.2) is 0 Å². The van der Waals surface area contributed by atoms with E-state index in [4.69, 9.17) is 9.47 Å². The summed E-state index contributed by atoms with van der Waals surface area (Å²) in [6.07, 6.45) is 7.06. The lowest BCUT2D eigenvalue weighted by molar-refractivity contribution is -0.130. The lowest BCUT2D eigenvalue weighted by atomic mass is 9.84. The van der Waals surface area contributed by atoms with Gasteiger partial charge in [-0.3, -0.25) is 4.79 Å². The Morgan fingerprint density at radius 2 is 1.79 bits per heavy atom. The van der Waals surface area contributed by atoms with Gasteiger partial charge in [0.1, 0.15) is 0 Å². The molecule has 0 N–H and O–H groups in total. The van der Waals surface area contributed by atoms with Crippen LogP contribution in [0.25, 0.3) is 0 Å². The number of ether oxygens (including phenoxy) is 2. The number of fused-ring (bicyclic) bond motifs is 2. The molecule has 1 fully saturated rings. The number of carbonyl (C=O) groups excluding carboxylic acids is 1. The SMILES string of the molecule is O=C1N=C(N2CCC3(CC2)OCc2ccccc23)OC12CC=CC2. The summed E-state index contributed by atoms with van der Waals surface area (Å²) >= 11 is 0. The standard InChI is InChI=1S/C19H20N2O3/c22-16-19(7-3-4-8-19)24-17(20-16)21-11-9-18(10-12-21)15-6-2-1-5-14(15)13-23-18/h1-6H,7-13H2. The van der Waals surface area contributed by atoms with Crippen molar-refractivity contribution >= 4 is 11.9 Å². The lowest BCUT2D eigenvalue weighted by Crippen LogP contribution is -2.46. The Morgan fingerprint density at radius 1 is 1.04 bits per heavy atom. The average molecular weight is 324 g/mol. The Morgan fingerprint density at radius 3 is 2.58 bits per heavy atom. The second-order valence-electron chi connectivity index (χ2n) is 7.10. The van der Waals surface area contributed by atoms with Crippen LogP contribution in [-0.4, -0.2) is 35.5 Å². The number of benzene rings is 1. The number of hydrogen-bond acceptors (Lipinski definition) is 4. The highest BCUT2D eigenvalue weighted by atomic mass is 16.5. The van der Waals surface area contributed by atoms with Crippen LogP contribution in [0.4, 0.5) is 0 Å². The first-order chi connectivity index (χ1) is 11.7. The normalized spacial score (nSPS) is 26.1. The molecule has 2 spiro atoms. The van der Waals surface area contributed by atoms with Gasteiger partial charge in [0.05, 0.1) is 12.2 Å². The van der Waals surface area contributed by atoms with Gasteiger partial charge in [0.15, 0.2) is 5.60 Å². The summed E-state index contributed by atoms with van der Waals surface area (Å²) in [6, 6.07) is 8.99. The molecule has 1 aromatic carbocycles. The number of hydrogen-bond donors (Lipinski definition) is 0. The molecule has 1 aromatic rings. The second kappa shape index (κ2) is 4.93. The fourth-order valence-corrected chi connectivity index (χ4v) is 4.31. The second-order valence-corrected chi connectivity index (χ2v) is 7.10. The van der Waals surface area contributed by atoms with Crippen molar-refractivity contribution in [2.24, 2.45) is 4.99 Å². The van der Waals surface area contributed by atoms with Crippen molar-refractivity contribution in [3.05, 3.63) is 47.5 Å². The van der Waals surface area contributed by atoms with Crippen molar-refractivity contribution in [3.63, 3.8) is 0 Å². The van der Waals surface area contributed by atoms with Crippen molar-refractivity contribution in [1.29, 1.82) is 0 Å². The Kier molecular flexibility index (Phi) is 2.92. The predicted molar refractivity (Wildman–Crippen MR) is 88.3 cm³/mol. The monoisotopic (exact) mass is 324 g/mol. The van der Waals surface area contributed by atoms with E-state index in [-0.39, 0.29) is 11.5 Å². The van der Waals surface area contributed by atoms with Gasteiger partial charge in [-0.05, 0) is 24.0 Å². The molecule has 1 saturated heterocycles. The van der Waals surface area contributed by atoms with E-state index in [2.05, 4.69) is 34.2 Å². The quantitative estimate of drug-likeness (QED) is 0.688. The number of nitrogens with zero attached hydrogens (tertiary/aromatic N) is 2. The van der Waals surface area contributed by atoms with Crippen LogP contribution >= 0.6 is 0 Å². The number of likely N-dealkylation sites (tertiary alicyclic amines) is 1. The fourth-order valence-electron chi connectivity index (χ4n) is 4.31. The molecule has 124 valence electrons. The summed E-state index contributed by atoms with van der Waals surface area (Å²) < 4.78 is 12.2. The lowest BCUT2D eigenvalue weighted by Gasteiger charge is -2.39. The van der Waals surface area contributed by atoms with E-state index < -0.39 is 5.60 Å². The van der Waals surface area contributed by atoms with Gasteiger partial charge in [0.25, 0.3) is 11.9 Å². The van der Waals surface area contributed by atoms with Crippen LogP contribution in [0.3, 0.4) is 0 Å². The minimum Gasteiger partial charge on any atom is -0.447 e. The third-order valence-electron chi connectivity index (χ3n) is 5.79. The zero-order valence-electron chi connectivity index (χ0n) is 13.5. The molecule has 5 heteroatoms. The molecule has 0 radical (unpaired) electrons. The molecule has 5 rings (SSSR count). The molecule has 1 amide bonds. The van der Waals surface area contributed by atoms with E-state index in [1.54, 1.807) is 0 Å². The van der Waals surface area contributed by atoms with Gasteiger partial charge < -0.3 is 14.4 Å². The van der Waals surface area contributed by atoms with E-state index in [0.29, 0.717) is 25.5 Å². The highest BCUT2D eigenvalue weighted by Crippen LogP contribution is 2.44. The highest BCUT2D eigenvalue weighted by molar-refractivity contribution is 6.01. The van der Waals surface area contributed by atoms with Crippen LogP contribution in [0.1, 0.15) is 36.8 Å². The summed E-state index contributed by atoms with van der Waals surface area (Å²) in [4.78, 5) is 18.6. The fraction of sp³-hybridized carbons (Fsp3) is 0.474. The molecule has 5 nitrogen and oxygen atoms in total. The molecular formula is C19H20N2O3. The van der Waals surface area contributed by atoms with Crippen LogP contribution in [0, 0.1) is 0 Å². The maximum Gasteiger partial charge on any atom is 0.296 e. The molecule has 0 saturated carbocycles. The number of aliphatic imine (C=N–C) groups is 1. The third kappa shape index (κ3) is 1.91. The number of rotatable bonds is 0. The van der Waals surface area contributed by atoms with Gasteiger partial charge in [0, 0.05) is 25.9 Å². The Bertz CT molecular complexity index is 752. The molecule has 1 aliphatic carbocycles. The number of amides is 1. The van der Waals surface area contributed by atoms with Crippen molar-refractivity contribution in [3.8, 4) is 0 Å². The Labute approximate surface area is 141 Å². The first kappa shape index (κ1) is 14.2. The van der Waals surface area contributed by atoms with Crippen molar-refractivity contribution in [2.75, 3.05) is 13.1 Å². The van der Waals surface area contributed by atoms with E-state index in [9.17, 15) is 4.79 Å². The van der Waals surface area contributed by atoms with E-state index in [1.165, 1.54) is 11.1 Å². The predicted octanol–water partition coefficient (Wildman–Crippen LogP) is 2.51. The highest BCUT2D eigenvalue weighted by Gasteiger charge is 2.50. The summed E-state index contributed by atoms with van der Waals surface area (Å²) in [5, 5.41) is 0. The van der Waals surface area contributed by atoms with Gasteiger partial charge in [-0.2, -0.15) is 4.99 Å². The van der Waals surface area contributed by atoms with E-state index in [0.717, 1.165) is 25.9 Å². The van der Waals surface area contributed by atoms with E-state index in [1.807, 2.05) is 12.2 Å².